The number of imidazole rings is 1. The summed E-state index contributed by atoms with van der Waals surface area (Å²) in [6.07, 6.45) is 1.91. The summed E-state index contributed by atoms with van der Waals surface area (Å²) < 4.78 is 40.6. The molecule has 0 fully saturated rings. The summed E-state index contributed by atoms with van der Waals surface area (Å²) in [5, 5.41) is 2.17. The summed E-state index contributed by atoms with van der Waals surface area (Å²) >= 11 is -2.14. The third-order valence-electron chi connectivity index (χ3n) is 9.69. The fourth-order valence-electron chi connectivity index (χ4n) is 7.02. The second kappa shape index (κ2) is 16.0. The van der Waals surface area contributed by atoms with E-state index in [9.17, 15) is 0 Å². The second-order valence-electron chi connectivity index (χ2n) is 14.7. The van der Waals surface area contributed by atoms with Crippen LogP contribution in [-0.4, -0.2) is 27.8 Å². The number of aromatic nitrogens is 3. The van der Waals surface area contributed by atoms with Crippen LogP contribution < -0.4 is 4.40 Å². The predicted octanol–water partition coefficient (Wildman–Crippen LogP) is 12.6. The molecular formula is C49H43GeIrN3O-2. The van der Waals surface area contributed by atoms with Gasteiger partial charge in [-0.15, -0.1) is 18.2 Å². The maximum absolute atomic E-state index is 8.49. The average molecular weight is 959 g/mol. The molecule has 6 heteroatoms. The Morgan fingerprint density at radius 3 is 2.31 bits per heavy atom. The van der Waals surface area contributed by atoms with Gasteiger partial charge in [-0.3, -0.25) is 4.98 Å². The molecule has 1 radical (unpaired) electrons. The van der Waals surface area contributed by atoms with Crippen LogP contribution in [0.2, 0.25) is 17.3 Å². The van der Waals surface area contributed by atoms with Crippen LogP contribution in [0.25, 0.3) is 72.4 Å². The number of hydrogen-bond donors (Lipinski definition) is 0. The monoisotopic (exact) mass is 960 g/mol. The number of para-hydroxylation sites is 4. The van der Waals surface area contributed by atoms with Crippen LogP contribution in [-0.2, 0) is 20.1 Å². The zero-order valence-electron chi connectivity index (χ0n) is 35.4. The first-order chi connectivity index (χ1) is 27.7. The van der Waals surface area contributed by atoms with Crippen LogP contribution in [0.5, 0.6) is 0 Å². The van der Waals surface area contributed by atoms with Crippen LogP contribution in [0.4, 0.5) is 0 Å². The second-order valence-corrected chi connectivity index (χ2v) is 25.3. The zero-order valence-corrected chi connectivity index (χ0v) is 35.9. The summed E-state index contributed by atoms with van der Waals surface area (Å²) in [6, 6.07) is 52.7. The Kier molecular flexibility index (Phi) is 9.66. The Hall–Kier alpha value is -5.07. The predicted molar refractivity (Wildman–Crippen MR) is 228 cm³/mol. The van der Waals surface area contributed by atoms with Crippen molar-refractivity contribution in [2.24, 2.45) is 0 Å². The van der Waals surface area contributed by atoms with Gasteiger partial charge in [-0.2, -0.15) is 0 Å². The van der Waals surface area contributed by atoms with Gasteiger partial charge in [0.2, 0.25) is 0 Å². The fourth-order valence-corrected chi connectivity index (χ4v) is 10.3. The normalized spacial score (nSPS) is 13.0. The van der Waals surface area contributed by atoms with Gasteiger partial charge in [0.1, 0.15) is 5.58 Å². The van der Waals surface area contributed by atoms with Gasteiger partial charge >= 0.3 is 131 Å². The van der Waals surface area contributed by atoms with Gasteiger partial charge in [-0.25, -0.2) is 0 Å². The minimum Gasteiger partial charge on any atom is -0.501 e. The van der Waals surface area contributed by atoms with Crippen molar-refractivity contribution in [2.45, 2.75) is 43.9 Å². The summed E-state index contributed by atoms with van der Waals surface area (Å²) in [7, 11) is 0. The summed E-state index contributed by atoms with van der Waals surface area (Å²) in [5.74, 6) is 6.99. The third-order valence-corrected chi connectivity index (χ3v) is 13.9. The summed E-state index contributed by atoms with van der Waals surface area (Å²) in [5.41, 5.74) is 10.6. The van der Waals surface area contributed by atoms with Gasteiger partial charge in [0, 0.05) is 36.7 Å². The van der Waals surface area contributed by atoms with Crippen molar-refractivity contribution < 1.29 is 30.0 Å². The van der Waals surface area contributed by atoms with Crippen LogP contribution in [0.1, 0.15) is 36.4 Å². The molecule has 3 aromatic heterocycles. The van der Waals surface area contributed by atoms with Crippen molar-refractivity contribution in [2.75, 3.05) is 0 Å². The van der Waals surface area contributed by atoms with E-state index >= 15 is 0 Å². The maximum Gasteiger partial charge on any atom is 0.120 e. The standard InChI is InChI=1S/C31H19N2O.C18H24GeN.Ir/c1-2-11-21(12-3-1)22-13-4-7-18-27(22)33-28-19-8-6-17-26(28)32-31(33)25-16-10-15-24-23-14-5-9-20-29(23)34-30(24)25;1-13(2)16-11-18(15-9-7-14(3)8-10-15)20-12-17(16)19(4,5)6;/h1-15,17-20H;7-9,11-13H,1-6H3;/q2*-1;/i;3D3,13D;. The molecule has 4 nitrogen and oxygen atoms in total. The number of nitrogens with zero attached hydrogens (tertiary/aromatic N) is 3. The topological polar surface area (TPSA) is 43.9 Å². The number of fused-ring (bicyclic) bond motifs is 4. The molecule has 0 saturated carbocycles. The Morgan fingerprint density at radius 2 is 1.55 bits per heavy atom. The van der Waals surface area contributed by atoms with E-state index in [4.69, 9.17) is 14.9 Å². The number of furan rings is 1. The van der Waals surface area contributed by atoms with E-state index in [1.54, 1.807) is 12.1 Å². The first-order valence-corrected chi connectivity index (χ1v) is 25.5. The smallest absolute Gasteiger partial charge is 0.120 e. The molecule has 0 amide bonds. The van der Waals surface area contributed by atoms with Crippen LogP contribution in [0, 0.1) is 19.0 Å². The van der Waals surface area contributed by atoms with Gasteiger partial charge in [-0.05, 0) is 29.8 Å². The number of pyridine rings is 1. The summed E-state index contributed by atoms with van der Waals surface area (Å²) in [6.45, 7) is 1.66. The molecule has 0 unspecified atom stereocenters. The minimum atomic E-state index is -2.14. The fraction of sp³-hybridized carbons (Fsp3) is 0.143. The number of aryl methyl sites for hydroxylation is 1. The Morgan fingerprint density at radius 1 is 0.800 bits per heavy atom. The molecule has 9 aromatic rings. The van der Waals surface area contributed by atoms with E-state index in [-0.39, 0.29) is 25.7 Å². The van der Waals surface area contributed by atoms with Crippen LogP contribution in [0.3, 0.4) is 0 Å². The number of rotatable bonds is 6. The van der Waals surface area contributed by atoms with Crippen molar-refractivity contribution in [3.8, 4) is 39.5 Å². The molecule has 0 atom stereocenters. The Bertz CT molecular complexity index is 2910. The third kappa shape index (κ3) is 7.62. The van der Waals surface area contributed by atoms with Gasteiger partial charge in [0.25, 0.3) is 0 Å². The van der Waals surface area contributed by atoms with E-state index in [1.165, 1.54) is 10.5 Å². The Balaban J connectivity index is 0.000000188. The van der Waals surface area contributed by atoms with Crippen molar-refractivity contribution in [3.63, 3.8) is 0 Å². The molecule has 0 spiro atoms. The van der Waals surface area contributed by atoms with Crippen molar-refractivity contribution in [3.05, 3.63) is 169 Å². The first kappa shape index (κ1) is 33.3. The molecular weight excluding hydrogens is 911 g/mol. The molecule has 275 valence electrons. The average Bonchev–Trinajstić information content (AvgIpc) is 3.79. The molecule has 6 aromatic carbocycles. The quantitative estimate of drug-likeness (QED) is 0.123. The first-order valence-electron chi connectivity index (χ1n) is 20.2. The molecule has 0 aliphatic rings. The summed E-state index contributed by atoms with van der Waals surface area (Å²) in [4.78, 5) is 9.66. The van der Waals surface area contributed by atoms with Crippen LogP contribution >= 0.6 is 0 Å². The van der Waals surface area contributed by atoms with Gasteiger partial charge in [-0.1, -0.05) is 89.8 Å². The molecule has 0 N–H and O–H groups in total. The maximum atomic E-state index is 8.49. The van der Waals surface area contributed by atoms with Gasteiger partial charge < -0.3 is 8.98 Å². The van der Waals surface area contributed by atoms with E-state index in [0.29, 0.717) is 0 Å². The molecule has 3 heterocycles. The van der Waals surface area contributed by atoms with E-state index in [2.05, 4.69) is 118 Å². The molecule has 0 aliphatic heterocycles. The minimum absolute atomic E-state index is 0. The van der Waals surface area contributed by atoms with Crippen molar-refractivity contribution in [1.82, 2.24) is 14.5 Å². The number of hydrogen-bond acceptors (Lipinski definition) is 3. The van der Waals surface area contributed by atoms with Crippen LogP contribution in [0.15, 0.2) is 150 Å². The molecule has 0 bridgehead atoms. The molecule has 0 aliphatic carbocycles. The molecule has 9 rings (SSSR count). The van der Waals surface area contributed by atoms with Gasteiger partial charge in [0.15, 0.2) is 0 Å². The van der Waals surface area contributed by atoms with E-state index in [1.807, 2.05) is 62.5 Å². The van der Waals surface area contributed by atoms with E-state index in [0.717, 1.165) is 78.0 Å². The zero-order chi connectivity index (χ0) is 40.8. The van der Waals surface area contributed by atoms with Gasteiger partial charge in [0.05, 0.1) is 22.4 Å². The van der Waals surface area contributed by atoms with E-state index < -0.39 is 26.0 Å². The van der Waals surface area contributed by atoms with Crippen molar-refractivity contribution in [1.29, 1.82) is 0 Å². The largest absolute Gasteiger partial charge is 0.501 e. The SMILES string of the molecule is [2H]C([2H])([2H])c1c[c-]c(-c2cc(C([2H])(C)C)[c]([Ge]([CH3])([CH3])[CH3])cn2)cc1.[Ir].[c-]1ccc2c(oc3ccccc32)c1-c1nc2ccccc2n1-c1ccccc1-c1ccccc1. The molecule has 55 heavy (non-hydrogen) atoms. The Labute approximate surface area is 345 Å². The number of benzene rings is 6. The molecule has 0 saturated heterocycles. The van der Waals surface area contributed by atoms with Crippen molar-refractivity contribution >= 4 is 50.6 Å².